The van der Waals surface area contributed by atoms with Crippen LogP contribution in [0.3, 0.4) is 0 Å². The second kappa shape index (κ2) is 13.4. The van der Waals surface area contributed by atoms with Crippen LogP contribution in [0, 0.1) is 11.7 Å². The zero-order chi connectivity index (χ0) is 20.7. The molecule has 11 heteroatoms. The predicted molar refractivity (Wildman–Crippen MR) is 118 cm³/mol. The summed E-state index contributed by atoms with van der Waals surface area (Å²) in [4.78, 5) is 39.8. The highest BCUT2D eigenvalue weighted by Crippen LogP contribution is 2.09. The van der Waals surface area contributed by atoms with Gasteiger partial charge >= 0.3 is 0 Å². The van der Waals surface area contributed by atoms with Crippen LogP contribution < -0.4 is 16.4 Å². The molecule has 0 saturated carbocycles. The van der Waals surface area contributed by atoms with Crippen molar-refractivity contribution in [3.05, 3.63) is 30.1 Å². The molecule has 1 aliphatic heterocycles. The second-order valence-corrected chi connectivity index (χ2v) is 7.20. The normalized spacial score (nSPS) is 14.9. The number of nitrogens with one attached hydrogen (secondary N) is 2. The average molecular weight is 466 g/mol. The van der Waals surface area contributed by atoms with Gasteiger partial charge in [0.1, 0.15) is 5.82 Å². The number of benzene rings is 1. The number of hydrogen-bond acceptors (Lipinski definition) is 5. The molecule has 4 N–H and O–H groups in total. The summed E-state index contributed by atoms with van der Waals surface area (Å²) in [5.41, 5.74) is 6.29. The molecule has 1 aliphatic rings. The van der Waals surface area contributed by atoms with Crippen LogP contribution in [0.15, 0.2) is 24.3 Å². The molecule has 0 aliphatic carbocycles. The molecular weight excluding hydrogens is 436 g/mol. The molecule has 30 heavy (non-hydrogen) atoms. The average Bonchev–Trinajstić information content (AvgIpc) is 2.67. The molecule has 0 aromatic heterocycles. The molecule has 1 aromatic carbocycles. The third kappa shape index (κ3) is 8.83. The fraction of sp³-hybridized carbons (Fsp3) is 0.526. The van der Waals surface area contributed by atoms with E-state index in [0.29, 0.717) is 31.9 Å². The van der Waals surface area contributed by atoms with Crippen LogP contribution in [0.2, 0.25) is 0 Å². The molecule has 2 rings (SSSR count). The molecule has 0 spiro atoms. The van der Waals surface area contributed by atoms with Crippen LogP contribution in [0.4, 0.5) is 10.1 Å². The summed E-state index contributed by atoms with van der Waals surface area (Å²) in [6, 6.07) is 4.94. The van der Waals surface area contributed by atoms with E-state index in [4.69, 9.17) is 5.73 Å². The monoisotopic (exact) mass is 465 g/mol. The molecule has 0 unspecified atom stereocenters. The molecule has 1 fully saturated rings. The Balaban J connectivity index is 0.00000420. The van der Waals surface area contributed by atoms with E-state index < -0.39 is 6.04 Å². The standard InChI is InChI=1S/C19H28FN5O3.2ClH/c1-13(2)18(21)19(28)22-11-17(27)25-9-7-24(8-10-25)12-16(26)23-15-5-3-14(20)4-6-15;;/h3-6,13,18H,7-12,21H2,1-2H3,(H,22,28)(H,23,26);2*1H/t18-;;/m0../s1. The molecule has 8 nitrogen and oxygen atoms in total. The molecule has 3 amide bonds. The highest BCUT2D eigenvalue weighted by atomic mass is 35.5. The number of hydrogen-bond donors (Lipinski definition) is 3. The molecule has 170 valence electrons. The van der Waals surface area contributed by atoms with Gasteiger partial charge < -0.3 is 21.3 Å². The van der Waals surface area contributed by atoms with Gasteiger partial charge in [0.25, 0.3) is 0 Å². The van der Waals surface area contributed by atoms with Crippen LogP contribution in [-0.2, 0) is 14.4 Å². The van der Waals surface area contributed by atoms with Crippen molar-refractivity contribution in [2.24, 2.45) is 11.7 Å². The number of nitrogens with two attached hydrogens (primary N) is 1. The summed E-state index contributed by atoms with van der Waals surface area (Å²) in [6.07, 6.45) is 0. The lowest BCUT2D eigenvalue weighted by Gasteiger charge is -2.34. The van der Waals surface area contributed by atoms with Gasteiger partial charge in [0.05, 0.1) is 19.1 Å². The topological polar surface area (TPSA) is 108 Å². The summed E-state index contributed by atoms with van der Waals surface area (Å²) >= 11 is 0. The van der Waals surface area contributed by atoms with Gasteiger partial charge in [-0.25, -0.2) is 4.39 Å². The Hall–Kier alpha value is -1.94. The minimum absolute atomic E-state index is 0. The van der Waals surface area contributed by atoms with Crippen LogP contribution >= 0.6 is 24.8 Å². The van der Waals surface area contributed by atoms with Crippen LogP contribution in [0.25, 0.3) is 0 Å². The number of carbonyl (C=O) groups excluding carboxylic acids is 3. The third-order valence-electron chi connectivity index (χ3n) is 4.66. The van der Waals surface area contributed by atoms with Crippen LogP contribution in [-0.4, -0.2) is 72.8 Å². The number of nitrogens with zero attached hydrogens (tertiary/aromatic N) is 2. The Kier molecular flexibility index (Phi) is 12.5. The number of halogens is 3. The lowest BCUT2D eigenvalue weighted by Crippen LogP contribution is -2.53. The van der Waals surface area contributed by atoms with Gasteiger partial charge in [-0.2, -0.15) is 0 Å². The summed E-state index contributed by atoms with van der Waals surface area (Å²) < 4.78 is 12.9. The van der Waals surface area contributed by atoms with E-state index in [0.717, 1.165) is 0 Å². The first-order valence-electron chi connectivity index (χ1n) is 9.35. The first-order chi connectivity index (χ1) is 13.3. The van der Waals surface area contributed by atoms with Gasteiger partial charge in [0, 0.05) is 31.9 Å². The van der Waals surface area contributed by atoms with Gasteiger partial charge in [-0.05, 0) is 30.2 Å². The molecular formula is C19H30Cl2FN5O3. The van der Waals surface area contributed by atoms with Gasteiger partial charge in [-0.15, -0.1) is 24.8 Å². The van der Waals surface area contributed by atoms with Crippen molar-refractivity contribution in [3.63, 3.8) is 0 Å². The maximum Gasteiger partial charge on any atom is 0.242 e. The first-order valence-corrected chi connectivity index (χ1v) is 9.35. The van der Waals surface area contributed by atoms with Crippen molar-refractivity contribution < 1.29 is 18.8 Å². The van der Waals surface area contributed by atoms with E-state index in [-0.39, 0.29) is 67.4 Å². The minimum atomic E-state index is -0.635. The first kappa shape index (κ1) is 28.1. The highest BCUT2D eigenvalue weighted by molar-refractivity contribution is 5.92. The van der Waals surface area contributed by atoms with Gasteiger partial charge in [0.2, 0.25) is 17.7 Å². The van der Waals surface area contributed by atoms with Crippen molar-refractivity contribution >= 4 is 48.2 Å². The lowest BCUT2D eigenvalue weighted by molar-refractivity contribution is -0.135. The summed E-state index contributed by atoms with van der Waals surface area (Å²) in [5, 5.41) is 5.29. The Morgan fingerprint density at radius 3 is 2.17 bits per heavy atom. The smallest absolute Gasteiger partial charge is 0.242 e. The number of amides is 3. The quantitative estimate of drug-likeness (QED) is 0.553. The number of rotatable bonds is 7. The van der Waals surface area contributed by atoms with E-state index in [1.54, 1.807) is 4.90 Å². The highest BCUT2D eigenvalue weighted by Gasteiger charge is 2.24. The minimum Gasteiger partial charge on any atom is -0.346 e. The van der Waals surface area contributed by atoms with Crippen molar-refractivity contribution in [1.29, 1.82) is 0 Å². The van der Waals surface area contributed by atoms with Gasteiger partial charge in [-0.1, -0.05) is 13.8 Å². The largest absolute Gasteiger partial charge is 0.346 e. The molecule has 0 radical (unpaired) electrons. The Labute approximate surface area is 188 Å². The van der Waals surface area contributed by atoms with Gasteiger partial charge in [-0.3, -0.25) is 19.3 Å². The maximum atomic E-state index is 12.9. The van der Waals surface area contributed by atoms with E-state index in [9.17, 15) is 18.8 Å². The Bertz CT molecular complexity index is 698. The van der Waals surface area contributed by atoms with Crippen LogP contribution in [0.5, 0.6) is 0 Å². The van der Waals surface area contributed by atoms with E-state index in [1.165, 1.54) is 24.3 Å². The molecule has 1 aromatic rings. The fourth-order valence-corrected chi connectivity index (χ4v) is 2.79. The SMILES string of the molecule is CC(C)[C@H](N)C(=O)NCC(=O)N1CCN(CC(=O)Nc2ccc(F)cc2)CC1.Cl.Cl. The van der Waals surface area contributed by atoms with E-state index in [2.05, 4.69) is 10.6 Å². The Morgan fingerprint density at radius 1 is 1.07 bits per heavy atom. The lowest BCUT2D eigenvalue weighted by atomic mass is 10.1. The molecule has 1 saturated heterocycles. The number of carbonyl (C=O) groups is 3. The summed E-state index contributed by atoms with van der Waals surface area (Å²) in [7, 11) is 0. The number of anilines is 1. The van der Waals surface area contributed by atoms with Crippen molar-refractivity contribution in [2.75, 3.05) is 44.6 Å². The van der Waals surface area contributed by atoms with Crippen molar-refractivity contribution in [3.8, 4) is 0 Å². The van der Waals surface area contributed by atoms with Crippen molar-refractivity contribution in [2.45, 2.75) is 19.9 Å². The zero-order valence-corrected chi connectivity index (χ0v) is 18.7. The predicted octanol–water partition coefficient (Wildman–Crippen LogP) is 0.852. The molecule has 1 heterocycles. The third-order valence-corrected chi connectivity index (χ3v) is 4.66. The second-order valence-electron chi connectivity index (χ2n) is 7.20. The molecule has 1 atom stereocenters. The van der Waals surface area contributed by atoms with E-state index >= 15 is 0 Å². The summed E-state index contributed by atoms with van der Waals surface area (Å²) in [6.45, 7) is 5.88. The van der Waals surface area contributed by atoms with Crippen molar-refractivity contribution in [1.82, 2.24) is 15.1 Å². The van der Waals surface area contributed by atoms with E-state index in [1.807, 2.05) is 18.7 Å². The number of piperazine rings is 1. The molecule has 0 bridgehead atoms. The van der Waals surface area contributed by atoms with Crippen LogP contribution in [0.1, 0.15) is 13.8 Å². The summed E-state index contributed by atoms with van der Waals surface area (Å²) in [5.74, 6) is -1.05. The zero-order valence-electron chi connectivity index (χ0n) is 17.1. The maximum absolute atomic E-state index is 12.9. The van der Waals surface area contributed by atoms with Gasteiger partial charge in [0.15, 0.2) is 0 Å². The Morgan fingerprint density at radius 2 is 1.63 bits per heavy atom. The fourth-order valence-electron chi connectivity index (χ4n) is 2.79.